The Bertz CT molecular complexity index is 2970. The van der Waals surface area contributed by atoms with Crippen LogP contribution < -0.4 is 31.9 Å². The summed E-state index contributed by atoms with van der Waals surface area (Å²) in [4.78, 5) is 39.7. The number of benzene rings is 3. The maximum atomic E-state index is 13.7. The van der Waals surface area contributed by atoms with Crippen LogP contribution in [-0.4, -0.2) is 83.7 Å². The van der Waals surface area contributed by atoms with Crippen LogP contribution in [0, 0.1) is 12.8 Å². The van der Waals surface area contributed by atoms with Gasteiger partial charge in [-0.2, -0.15) is 0 Å². The molecule has 4 aliphatic rings. The van der Waals surface area contributed by atoms with Crippen molar-refractivity contribution in [3.63, 3.8) is 0 Å². The van der Waals surface area contributed by atoms with Crippen molar-refractivity contribution in [2.24, 2.45) is 5.92 Å². The lowest BCUT2D eigenvalue weighted by atomic mass is 9.87. The van der Waals surface area contributed by atoms with Gasteiger partial charge in [-0.15, -0.1) is 22.7 Å². The standard InChI is InChI=1S/C54H63N9O2S2/c1-4-63-47-16-5-34(24-45(47)43-13-8-38(27-48(43)63)49-23-32(2)31-66-49)28-56-19-22-61-20-17-35(18-21-61)52(64)57-33(3)46-15-14-44-50(55)51(67-54(44)60-46)53(65)59-39-9-6-37-26-42(12-7-36(37)25-39)62-29-40-10-11-41(30-62)58-40/h5,7-8,12-16,23-24,26-27,31,33,35,39-41,56,58H,4,6,9-11,17-22,25,28-30,55H2,1-3H3,(H,57,64)(H,59,65)/t33?,39-,40-,41+/m0/s1. The van der Waals surface area contributed by atoms with Gasteiger partial charge < -0.3 is 41.4 Å². The molecule has 2 bridgehead atoms. The van der Waals surface area contributed by atoms with Crippen molar-refractivity contribution in [2.45, 2.75) is 103 Å². The molecular weight excluding hydrogens is 871 g/mol. The first-order valence-electron chi connectivity index (χ1n) is 24.6. The smallest absolute Gasteiger partial charge is 0.263 e. The summed E-state index contributed by atoms with van der Waals surface area (Å²) in [5.41, 5.74) is 18.3. The zero-order chi connectivity index (χ0) is 45.8. The van der Waals surface area contributed by atoms with E-state index in [2.05, 4.69) is 116 Å². The van der Waals surface area contributed by atoms with Crippen molar-refractivity contribution in [3.05, 3.63) is 111 Å². The summed E-state index contributed by atoms with van der Waals surface area (Å²) in [6.45, 7) is 13.9. The minimum absolute atomic E-state index is 0.0262. The highest BCUT2D eigenvalue weighted by Crippen LogP contribution is 2.37. The number of piperazine rings is 1. The van der Waals surface area contributed by atoms with E-state index in [4.69, 9.17) is 10.7 Å². The van der Waals surface area contributed by atoms with E-state index in [-0.39, 0.29) is 29.8 Å². The Hall–Kier alpha value is -5.31. The maximum Gasteiger partial charge on any atom is 0.263 e. The third kappa shape index (κ3) is 8.97. The van der Waals surface area contributed by atoms with Gasteiger partial charge in [-0.25, -0.2) is 4.98 Å². The molecule has 0 radical (unpaired) electrons. The van der Waals surface area contributed by atoms with Gasteiger partial charge in [0.1, 0.15) is 9.71 Å². The summed E-state index contributed by atoms with van der Waals surface area (Å²) in [6, 6.07) is 27.9. The van der Waals surface area contributed by atoms with Gasteiger partial charge in [0, 0.05) is 101 Å². The van der Waals surface area contributed by atoms with Crippen LogP contribution in [-0.2, 0) is 30.7 Å². The number of hydrogen-bond donors (Lipinski definition) is 5. The number of likely N-dealkylation sites (tertiary alicyclic amines) is 1. The topological polar surface area (TPSA) is 133 Å². The molecule has 3 aromatic carbocycles. The highest BCUT2D eigenvalue weighted by atomic mass is 32.1. The Labute approximate surface area is 401 Å². The van der Waals surface area contributed by atoms with Crippen LogP contribution in [0.15, 0.2) is 78.2 Å². The van der Waals surface area contributed by atoms with Crippen LogP contribution in [0.1, 0.15) is 89.6 Å². The number of nitrogens with zero attached hydrogens (tertiary/aromatic N) is 4. The number of amides is 2. The third-order valence-electron chi connectivity index (χ3n) is 15.1. The van der Waals surface area contributed by atoms with Gasteiger partial charge in [-0.1, -0.05) is 24.3 Å². The normalized spacial score (nSPS) is 20.5. The summed E-state index contributed by atoms with van der Waals surface area (Å²) in [6.07, 6.45) is 6.89. The molecule has 4 aromatic heterocycles. The molecule has 0 spiro atoms. The Balaban J connectivity index is 0.639. The van der Waals surface area contributed by atoms with E-state index in [1.165, 1.54) is 84.4 Å². The molecule has 1 aliphatic carbocycles. The van der Waals surface area contributed by atoms with E-state index >= 15 is 0 Å². The first-order chi connectivity index (χ1) is 32.6. The van der Waals surface area contributed by atoms with E-state index in [0.717, 1.165) is 95.5 Å². The lowest BCUT2D eigenvalue weighted by Gasteiger charge is -2.35. The summed E-state index contributed by atoms with van der Waals surface area (Å²) >= 11 is 3.15. The summed E-state index contributed by atoms with van der Waals surface area (Å²) in [5.74, 6) is -0.0851. The molecule has 3 fully saturated rings. The van der Waals surface area contributed by atoms with E-state index in [0.29, 0.717) is 27.5 Å². The highest BCUT2D eigenvalue weighted by molar-refractivity contribution is 7.21. The van der Waals surface area contributed by atoms with Crippen LogP contribution in [0.2, 0.25) is 0 Å². The van der Waals surface area contributed by atoms with Crippen LogP contribution in [0.3, 0.4) is 0 Å². The van der Waals surface area contributed by atoms with Crippen molar-refractivity contribution >= 4 is 77.9 Å². The summed E-state index contributed by atoms with van der Waals surface area (Å²) in [7, 11) is 0. The molecule has 6 N–H and O–H groups in total. The largest absolute Gasteiger partial charge is 0.397 e. The number of hydrogen-bond acceptors (Lipinski definition) is 10. The summed E-state index contributed by atoms with van der Waals surface area (Å²) < 4.78 is 2.44. The molecule has 67 heavy (non-hydrogen) atoms. The molecule has 7 aromatic rings. The van der Waals surface area contributed by atoms with Crippen molar-refractivity contribution in [1.82, 2.24) is 35.7 Å². The number of carbonyl (C=O) groups is 2. The fourth-order valence-electron chi connectivity index (χ4n) is 11.4. The molecule has 13 heteroatoms. The summed E-state index contributed by atoms with van der Waals surface area (Å²) in [5, 5.41) is 19.6. The predicted octanol–water partition coefficient (Wildman–Crippen LogP) is 8.95. The number of carbonyl (C=O) groups excluding carboxylic acids is 2. The zero-order valence-electron chi connectivity index (χ0n) is 39.0. The monoisotopic (exact) mass is 933 g/mol. The SMILES string of the molecule is CCn1c2ccc(CNCCN3CCC(C(=O)NC(C)c4ccc5c(N)c(C(=O)N[C@H]6CCc7cc(N8C[C@H]9CC[C@@H](C8)N9)ccc7C6)sc5n4)CC3)cc2c2ccc(-c3cc(C)cs3)cc21. The number of anilines is 2. The third-order valence-corrected chi connectivity index (χ3v) is 17.3. The number of piperidine rings is 1. The molecule has 3 aliphatic heterocycles. The predicted molar refractivity (Wildman–Crippen MR) is 277 cm³/mol. The molecule has 11 rings (SSSR count). The van der Waals surface area contributed by atoms with Crippen molar-refractivity contribution < 1.29 is 9.59 Å². The fourth-order valence-corrected chi connectivity index (χ4v) is 13.3. The van der Waals surface area contributed by atoms with Gasteiger partial charge in [0.2, 0.25) is 5.91 Å². The number of fused-ring (bicyclic) bond motifs is 7. The van der Waals surface area contributed by atoms with Crippen LogP contribution in [0.5, 0.6) is 0 Å². The van der Waals surface area contributed by atoms with Crippen molar-refractivity contribution in [2.75, 3.05) is 49.9 Å². The van der Waals surface area contributed by atoms with Crippen molar-refractivity contribution in [1.29, 1.82) is 0 Å². The van der Waals surface area contributed by atoms with Crippen molar-refractivity contribution in [3.8, 4) is 10.4 Å². The number of aromatic nitrogens is 2. The zero-order valence-corrected chi connectivity index (χ0v) is 40.6. The number of pyridine rings is 1. The Morgan fingerprint density at radius 1 is 0.896 bits per heavy atom. The highest BCUT2D eigenvalue weighted by Gasteiger charge is 2.33. The Kier molecular flexibility index (Phi) is 12.3. The molecule has 2 amide bonds. The second kappa shape index (κ2) is 18.6. The minimum Gasteiger partial charge on any atom is -0.397 e. The second-order valence-corrected chi connectivity index (χ2v) is 21.6. The molecule has 11 nitrogen and oxygen atoms in total. The van der Waals surface area contributed by atoms with Gasteiger partial charge in [0.15, 0.2) is 0 Å². The minimum atomic E-state index is -0.268. The van der Waals surface area contributed by atoms with Gasteiger partial charge in [-0.3, -0.25) is 9.59 Å². The second-order valence-electron chi connectivity index (χ2n) is 19.7. The van der Waals surface area contributed by atoms with E-state index in [9.17, 15) is 9.59 Å². The number of nitrogens with one attached hydrogen (secondary N) is 4. The average molecular weight is 934 g/mol. The number of nitrogens with two attached hydrogens (primary N) is 1. The number of thiophene rings is 2. The first-order valence-corrected chi connectivity index (χ1v) is 26.3. The molecule has 7 heterocycles. The first kappa shape index (κ1) is 44.2. The maximum absolute atomic E-state index is 13.7. The lowest BCUT2D eigenvalue weighted by Crippen LogP contribution is -2.51. The molecule has 1 unspecified atom stereocenters. The van der Waals surface area contributed by atoms with Crippen LogP contribution in [0.25, 0.3) is 42.5 Å². The van der Waals surface area contributed by atoms with Crippen LogP contribution >= 0.6 is 22.7 Å². The number of rotatable bonds is 13. The number of nitrogen functional groups attached to an aromatic ring is 1. The lowest BCUT2D eigenvalue weighted by molar-refractivity contribution is -0.127. The Morgan fingerprint density at radius 3 is 2.51 bits per heavy atom. The van der Waals surface area contributed by atoms with Gasteiger partial charge in [0.05, 0.1) is 17.4 Å². The quantitative estimate of drug-likeness (QED) is 0.0725. The van der Waals surface area contributed by atoms with Crippen LogP contribution in [0.4, 0.5) is 11.4 Å². The molecule has 348 valence electrons. The van der Waals surface area contributed by atoms with Gasteiger partial charge in [0.25, 0.3) is 5.91 Å². The van der Waals surface area contributed by atoms with E-state index < -0.39 is 0 Å². The average Bonchev–Trinajstić information content (AvgIpc) is 4.11. The molecular formula is C54H63N9O2S2. The van der Waals surface area contributed by atoms with Gasteiger partial charge in [-0.05, 0) is 161 Å². The molecule has 3 saturated heterocycles. The van der Waals surface area contributed by atoms with E-state index in [1.807, 2.05) is 30.4 Å². The Morgan fingerprint density at radius 2 is 1.72 bits per heavy atom. The van der Waals surface area contributed by atoms with Gasteiger partial charge >= 0.3 is 0 Å². The number of aryl methyl sites for hydroxylation is 3. The fraction of sp³-hybridized carbons (Fsp3) is 0.426. The molecule has 4 atom stereocenters. The van der Waals surface area contributed by atoms with E-state index in [1.54, 1.807) is 0 Å². The molecule has 0 saturated carbocycles.